The van der Waals surface area contributed by atoms with Crippen molar-refractivity contribution in [3.63, 3.8) is 0 Å². The smallest absolute Gasteiger partial charge is 0.243 e. The Hall–Kier alpha value is -0.820. The molecular weight excluding hydrogens is 312 g/mol. The molecular formula is C14H19ClN2O3S. The molecule has 2 aliphatic heterocycles. The molecule has 3 rings (SSSR count). The largest absolute Gasteiger partial charge is 0.495 e. The number of sulfonamides is 1. The molecule has 2 aliphatic rings. The minimum absolute atomic E-state index is 0.229. The zero-order valence-corrected chi connectivity index (χ0v) is 13.5. The highest BCUT2D eigenvalue weighted by molar-refractivity contribution is 7.89. The van der Waals surface area contributed by atoms with Gasteiger partial charge >= 0.3 is 0 Å². The number of hydrogen-bond acceptors (Lipinski definition) is 4. The van der Waals surface area contributed by atoms with Crippen molar-refractivity contribution in [3.05, 3.63) is 23.2 Å². The summed E-state index contributed by atoms with van der Waals surface area (Å²) in [5.74, 6) is 0.898. The number of fused-ring (bicyclic) bond motifs is 1. The van der Waals surface area contributed by atoms with Crippen LogP contribution in [0.2, 0.25) is 5.02 Å². The fourth-order valence-electron chi connectivity index (χ4n) is 3.16. The van der Waals surface area contributed by atoms with Gasteiger partial charge in [0.2, 0.25) is 10.0 Å². The minimum Gasteiger partial charge on any atom is -0.495 e. The van der Waals surface area contributed by atoms with E-state index < -0.39 is 10.0 Å². The Morgan fingerprint density at radius 2 is 2.19 bits per heavy atom. The number of methoxy groups -OCH3 is 1. The van der Waals surface area contributed by atoms with Crippen molar-refractivity contribution in [2.45, 2.75) is 23.8 Å². The molecule has 1 aromatic rings. The van der Waals surface area contributed by atoms with Gasteiger partial charge in [-0.15, -0.1) is 0 Å². The highest BCUT2D eigenvalue weighted by Gasteiger charge is 2.40. The first-order chi connectivity index (χ1) is 10.0. The minimum atomic E-state index is -3.49. The van der Waals surface area contributed by atoms with E-state index >= 15 is 0 Å². The molecule has 0 unspecified atom stereocenters. The van der Waals surface area contributed by atoms with E-state index in [0.717, 1.165) is 19.4 Å². The van der Waals surface area contributed by atoms with Crippen molar-refractivity contribution in [1.29, 1.82) is 0 Å². The third-order valence-electron chi connectivity index (χ3n) is 4.33. The van der Waals surface area contributed by atoms with Crippen LogP contribution in [0.15, 0.2) is 23.1 Å². The summed E-state index contributed by atoms with van der Waals surface area (Å²) < 4.78 is 32.1. The van der Waals surface area contributed by atoms with Crippen LogP contribution in [0.3, 0.4) is 0 Å². The normalized spacial score (nSPS) is 26.6. The lowest BCUT2D eigenvalue weighted by Gasteiger charge is -2.24. The number of benzene rings is 1. The van der Waals surface area contributed by atoms with Crippen LogP contribution in [0.1, 0.15) is 12.8 Å². The van der Waals surface area contributed by atoms with Crippen LogP contribution in [0, 0.1) is 5.92 Å². The molecule has 0 saturated carbocycles. The Morgan fingerprint density at radius 3 is 2.86 bits per heavy atom. The van der Waals surface area contributed by atoms with Crippen molar-refractivity contribution in [2.24, 2.45) is 5.92 Å². The molecule has 1 N–H and O–H groups in total. The van der Waals surface area contributed by atoms with Crippen LogP contribution in [0.5, 0.6) is 5.75 Å². The quantitative estimate of drug-likeness (QED) is 0.917. The van der Waals surface area contributed by atoms with Gasteiger partial charge < -0.3 is 10.1 Å². The molecule has 2 atom stereocenters. The molecule has 0 amide bonds. The van der Waals surface area contributed by atoms with E-state index in [-0.39, 0.29) is 10.9 Å². The highest BCUT2D eigenvalue weighted by atomic mass is 35.5. The van der Waals surface area contributed by atoms with Crippen molar-refractivity contribution >= 4 is 21.6 Å². The van der Waals surface area contributed by atoms with Crippen LogP contribution >= 0.6 is 11.6 Å². The van der Waals surface area contributed by atoms with Gasteiger partial charge in [0.1, 0.15) is 5.75 Å². The zero-order chi connectivity index (χ0) is 15.0. The number of rotatable bonds is 3. The molecule has 116 valence electrons. The molecule has 0 spiro atoms. The lowest BCUT2D eigenvalue weighted by molar-refractivity contribution is 0.339. The lowest BCUT2D eigenvalue weighted by Crippen LogP contribution is -2.41. The number of halogens is 1. The van der Waals surface area contributed by atoms with Crippen molar-refractivity contribution in [1.82, 2.24) is 9.62 Å². The third-order valence-corrected chi connectivity index (χ3v) is 6.45. The molecule has 2 saturated heterocycles. The van der Waals surface area contributed by atoms with E-state index in [1.165, 1.54) is 13.2 Å². The first-order valence-corrected chi connectivity index (χ1v) is 8.91. The summed E-state index contributed by atoms with van der Waals surface area (Å²) in [6.07, 6.45) is 2.20. The lowest BCUT2D eigenvalue weighted by atomic mass is 9.94. The maximum Gasteiger partial charge on any atom is 0.243 e. The highest BCUT2D eigenvalue weighted by Crippen LogP contribution is 2.32. The standard InChI is InChI=1S/C14H19ClN2O3S/c1-20-14-5-4-11(7-12(14)15)21(18,19)17-8-10-3-2-6-16-13(10)9-17/h4-5,7,10,13,16H,2-3,6,8-9H2,1H3/t10-,13+/m0/s1. The van der Waals surface area contributed by atoms with Crippen LogP contribution in [-0.4, -0.2) is 45.5 Å². The summed E-state index contributed by atoms with van der Waals surface area (Å²) in [6.45, 7) is 2.10. The molecule has 5 nitrogen and oxygen atoms in total. The maximum absolute atomic E-state index is 12.7. The van der Waals surface area contributed by atoms with E-state index in [9.17, 15) is 8.42 Å². The van der Waals surface area contributed by atoms with E-state index in [0.29, 0.717) is 29.8 Å². The fourth-order valence-corrected chi connectivity index (χ4v) is 5.03. The van der Waals surface area contributed by atoms with Crippen molar-refractivity contribution < 1.29 is 13.2 Å². The van der Waals surface area contributed by atoms with Gasteiger partial charge in [-0.25, -0.2) is 8.42 Å². The van der Waals surface area contributed by atoms with Crippen LogP contribution in [-0.2, 0) is 10.0 Å². The Labute approximate surface area is 130 Å². The molecule has 0 aromatic heterocycles. The van der Waals surface area contributed by atoms with Crippen molar-refractivity contribution in [2.75, 3.05) is 26.7 Å². The summed E-state index contributed by atoms with van der Waals surface area (Å²) in [5, 5.41) is 3.73. The van der Waals surface area contributed by atoms with E-state index in [2.05, 4.69) is 5.32 Å². The molecule has 2 fully saturated rings. The SMILES string of the molecule is COc1ccc(S(=O)(=O)N2C[C@@H]3CCCN[C@@H]3C2)cc1Cl. The van der Waals surface area contributed by atoms with E-state index in [1.54, 1.807) is 16.4 Å². The second-order valence-corrected chi connectivity index (χ2v) is 7.93. The third kappa shape index (κ3) is 2.77. The van der Waals surface area contributed by atoms with Gasteiger partial charge in [-0.2, -0.15) is 4.31 Å². The molecule has 2 heterocycles. The van der Waals surface area contributed by atoms with Gasteiger partial charge in [-0.1, -0.05) is 11.6 Å². The predicted octanol–water partition coefficient (Wildman–Crippen LogP) is 1.72. The predicted molar refractivity (Wildman–Crippen MR) is 81.3 cm³/mol. The summed E-state index contributed by atoms with van der Waals surface area (Å²) in [7, 11) is -1.98. The van der Waals surface area contributed by atoms with Crippen LogP contribution < -0.4 is 10.1 Å². The van der Waals surface area contributed by atoms with Gasteiger partial charge in [0, 0.05) is 19.1 Å². The Bertz CT molecular complexity index is 621. The van der Waals surface area contributed by atoms with Gasteiger partial charge in [0.25, 0.3) is 0 Å². The van der Waals surface area contributed by atoms with E-state index in [1.807, 2.05) is 0 Å². The fraction of sp³-hybridized carbons (Fsp3) is 0.571. The second kappa shape index (κ2) is 5.76. The Balaban J connectivity index is 1.85. The number of ether oxygens (including phenoxy) is 1. The zero-order valence-electron chi connectivity index (χ0n) is 11.9. The topological polar surface area (TPSA) is 58.6 Å². The van der Waals surface area contributed by atoms with Crippen LogP contribution in [0.25, 0.3) is 0 Å². The van der Waals surface area contributed by atoms with Gasteiger partial charge in [0.15, 0.2) is 0 Å². The van der Waals surface area contributed by atoms with Gasteiger partial charge in [0.05, 0.1) is 17.0 Å². The van der Waals surface area contributed by atoms with Gasteiger partial charge in [-0.05, 0) is 43.5 Å². The summed E-state index contributed by atoms with van der Waals surface area (Å²) in [5.41, 5.74) is 0. The Morgan fingerprint density at radius 1 is 1.38 bits per heavy atom. The van der Waals surface area contributed by atoms with Gasteiger partial charge in [-0.3, -0.25) is 0 Å². The molecule has 21 heavy (non-hydrogen) atoms. The number of hydrogen-bond donors (Lipinski definition) is 1. The average Bonchev–Trinajstić information content (AvgIpc) is 2.92. The van der Waals surface area contributed by atoms with Crippen molar-refractivity contribution in [3.8, 4) is 5.75 Å². The number of nitrogens with zero attached hydrogens (tertiary/aromatic N) is 1. The van der Waals surface area contributed by atoms with E-state index in [4.69, 9.17) is 16.3 Å². The average molecular weight is 331 g/mol. The summed E-state index contributed by atoms with van der Waals surface area (Å²) >= 11 is 6.04. The monoisotopic (exact) mass is 330 g/mol. The molecule has 0 radical (unpaired) electrons. The molecule has 0 aliphatic carbocycles. The van der Waals surface area contributed by atoms with Crippen LogP contribution in [0.4, 0.5) is 0 Å². The Kier molecular flexibility index (Phi) is 4.14. The summed E-state index contributed by atoms with van der Waals surface area (Å²) in [4.78, 5) is 0.229. The molecule has 1 aromatic carbocycles. The maximum atomic E-state index is 12.7. The number of nitrogens with one attached hydrogen (secondary N) is 1. The number of piperidine rings is 1. The second-order valence-electron chi connectivity index (χ2n) is 5.58. The first kappa shape index (κ1) is 15.1. The molecule has 0 bridgehead atoms. The molecule has 7 heteroatoms. The summed E-state index contributed by atoms with van der Waals surface area (Å²) in [6, 6.07) is 4.89. The first-order valence-electron chi connectivity index (χ1n) is 7.09.